The third-order valence-electron chi connectivity index (χ3n) is 2.75. The van der Waals surface area contributed by atoms with Crippen LogP contribution in [0.15, 0.2) is 54.6 Å². The van der Waals surface area contributed by atoms with Gasteiger partial charge >= 0.3 is 0 Å². The minimum atomic E-state index is 0.105. The van der Waals surface area contributed by atoms with Crippen LogP contribution >= 0.6 is 0 Å². The Morgan fingerprint density at radius 1 is 1.00 bits per heavy atom. The van der Waals surface area contributed by atoms with Crippen molar-refractivity contribution in [2.45, 2.75) is 19.6 Å². The molecule has 2 aromatic rings. The molecule has 0 aliphatic heterocycles. The summed E-state index contributed by atoms with van der Waals surface area (Å²) in [5.41, 5.74) is 8.75. The molecule has 0 saturated carbocycles. The van der Waals surface area contributed by atoms with E-state index in [-0.39, 0.29) is 6.10 Å². The lowest BCUT2D eigenvalue weighted by Crippen LogP contribution is -2.00. The Hall–Kier alpha value is -1.80. The Kier molecular flexibility index (Phi) is 3.78. The van der Waals surface area contributed by atoms with Crippen LogP contribution in [0, 0.1) is 0 Å². The first-order chi connectivity index (χ1) is 8.25. The van der Waals surface area contributed by atoms with Gasteiger partial charge in [-0.15, -0.1) is 0 Å². The minimum Gasteiger partial charge on any atom is -0.399 e. The summed E-state index contributed by atoms with van der Waals surface area (Å²) in [5.74, 6) is 0. The summed E-state index contributed by atoms with van der Waals surface area (Å²) in [6, 6.07) is 18.0. The second-order valence-electron chi connectivity index (χ2n) is 4.11. The monoisotopic (exact) mass is 227 g/mol. The smallest absolute Gasteiger partial charge is 0.0801 e. The average Bonchev–Trinajstić information content (AvgIpc) is 2.39. The van der Waals surface area contributed by atoms with Crippen LogP contribution in [0.2, 0.25) is 0 Å². The summed E-state index contributed by atoms with van der Waals surface area (Å²) in [4.78, 5) is 0. The molecule has 0 aliphatic carbocycles. The SMILES string of the molecule is CC(OCc1ccc(N)cc1)c1ccccc1. The first kappa shape index (κ1) is 11.7. The van der Waals surface area contributed by atoms with E-state index in [4.69, 9.17) is 10.5 Å². The Morgan fingerprint density at radius 3 is 2.29 bits per heavy atom. The highest BCUT2D eigenvalue weighted by Gasteiger charge is 2.04. The summed E-state index contributed by atoms with van der Waals surface area (Å²) < 4.78 is 5.81. The standard InChI is InChI=1S/C15H17NO/c1-12(14-5-3-2-4-6-14)17-11-13-7-9-15(16)10-8-13/h2-10,12H,11,16H2,1H3. The Morgan fingerprint density at radius 2 is 1.65 bits per heavy atom. The van der Waals surface area contributed by atoms with E-state index in [9.17, 15) is 0 Å². The van der Waals surface area contributed by atoms with Crippen LogP contribution in [0.25, 0.3) is 0 Å². The van der Waals surface area contributed by atoms with Crippen molar-refractivity contribution in [1.82, 2.24) is 0 Å². The van der Waals surface area contributed by atoms with Crippen LogP contribution in [0.4, 0.5) is 5.69 Å². The Labute approximate surface area is 102 Å². The van der Waals surface area contributed by atoms with Gasteiger partial charge in [0.15, 0.2) is 0 Å². The third-order valence-corrected chi connectivity index (χ3v) is 2.75. The van der Waals surface area contributed by atoms with Gasteiger partial charge in [0.1, 0.15) is 0 Å². The van der Waals surface area contributed by atoms with Crippen LogP contribution in [0.1, 0.15) is 24.2 Å². The van der Waals surface area contributed by atoms with Crippen molar-refractivity contribution in [3.63, 3.8) is 0 Å². The van der Waals surface area contributed by atoms with Gasteiger partial charge in [-0.25, -0.2) is 0 Å². The lowest BCUT2D eigenvalue weighted by atomic mass is 10.1. The summed E-state index contributed by atoms with van der Waals surface area (Å²) in [5, 5.41) is 0. The van der Waals surface area contributed by atoms with E-state index in [0.29, 0.717) is 6.61 Å². The normalized spacial score (nSPS) is 12.3. The summed E-state index contributed by atoms with van der Waals surface area (Å²) >= 11 is 0. The second-order valence-corrected chi connectivity index (χ2v) is 4.11. The minimum absolute atomic E-state index is 0.105. The molecule has 0 aromatic heterocycles. The number of nitrogens with two attached hydrogens (primary N) is 1. The maximum Gasteiger partial charge on any atom is 0.0801 e. The molecular weight excluding hydrogens is 210 g/mol. The molecule has 0 aliphatic rings. The second kappa shape index (κ2) is 5.51. The summed E-state index contributed by atoms with van der Waals surface area (Å²) in [6.45, 7) is 2.67. The highest BCUT2D eigenvalue weighted by Crippen LogP contribution is 2.18. The van der Waals surface area contributed by atoms with Crippen molar-refractivity contribution < 1.29 is 4.74 Å². The topological polar surface area (TPSA) is 35.2 Å². The molecule has 0 saturated heterocycles. The molecule has 0 heterocycles. The van der Waals surface area contributed by atoms with Crippen molar-refractivity contribution in [2.75, 3.05) is 5.73 Å². The number of nitrogen functional groups attached to an aromatic ring is 1. The fraction of sp³-hybridized carbons (Fsp3) is 0.200. The van der Waals surface area contributed by atoms with E-state index in [1.54, 1.807) is 0 Å². The van der Waals surface area contributed by atoms with E-state index < -0.39 is 0 Å². The number of benzene rings is 2. The zero-order valence-electron chi connectivity index (χ0n) is 9.97. The van der Waals surface area contributed by atoms with Gasteiger partial charge in [0.2, 0.25) is 0 Å². The first-order valence-corrected chi connectivity index (χ1v) is 5.76. The van der Waals surface area contributed by atoms with E-state index in [1.807, 2.05) is 42.5 Å². The average molecular weight is 227 g/mol. The van der Waals surface area contributed by atoms with Gasteiger partial charge in [0.25, 0.3) is 0 Å². The van der Waals surface area contributed by atoms with E-state index in [1.165, 1.54) is 5.56 Å². The van der Waals surface area contributed by atoms with Crippen LogP contribution in [0.5, 0.6) is 0 Å². The highest BCUT2D eigenvalue weighted by molar-refractivity contribution is 5.39. The van der Waals surface area contributed by atoms with E-state index >= 15 is 0 Å². The molecular formula is C15H17NO. The van der Waals surface area contributed by atoms with Crippen LogP contribution in [0.3, 0.4) is 0 Å². The van der Waals surface area contributed by atoms with E-state index in [2.05, 4.69) is 19.1 Å². The highest BCUT2D eigenvalue weighted by atomic mass is 16.5. The number of hydrogen-bond acceptors (Lipinski definition) is 2. The fourth-order valence-corrected chi connectivity index (χ4v) is 1.66. The first-order valence-electron chi connectivity index (χ1n) is 5.76. The maximum absolute atomic E-state index is 5.81. The molecule has 0 spiro atoms. The molecule has 0 radical (unpaired) electrons. The summed E-state index contributed by atoms with van der Waals surface area (Å²) in [6.07, 6.45) is 0.105. The third kappa shape index (κ3) is 3.33. The van der Waals surface area contributed by atoms with Crippen molar-refractivity contribution >= 4 is 5.69 Å². The Balaban J connectivity index is 1.92. The van der Waals surface area contributed by atoms with Crippen LogP contribution in [-0.4, -0.2) is 0 Å². The molecule has 2 N–H and O–H groups in total. The van der Waals surface area contributed by atoms with Gasteiger partial charge in [0, 0.05) is 5.69 Å². The van der Waals surface area contributed by atoms with Crippen LogP contribution in [-0.2, 0) is 11.3 Å². The largest absolute Gasteiger partial charge is 0.399 e. The van der Waals surface area contributed by atoms with Crippen molar-refractivity contribution in [3.8, 4) is 0 Å². The van der Waals surface area contributed by atoms with Gasteiger partial charge in [-0.3, -0.25) is 0 Å². The number of anilines is 1. The number of hydrogen-bond donors (Lipinski definition) is 1. The Bertz CT molecular complexity index is 450. The van der Waals surface area contributed by atoms with Crippen molar-refractivity contribution in [1.29, 1.82) is 0 Å². The zero-order valence-corrected chi connectivity index (χ0v) is 9.97. The molecule has 0 amide bonds. The molecule has 88 valence electrons. The van der Waals surface area contributed by atoms with Gasteiger partial charge < -0.3 is 10.5 Å². The fourth-order valence-electron chi connectivity index (χ4n) is 1.66. The van der Waals surface area contributed by atoms with Gasteiger partial charge in [0.05, 0.1) is 12.7 Å². The molecule has 17 heavy (non-hydrogen) atoms. The molecule has 1 unspecified atom stereocenters. The molecule has 2 heteroatoms. The quantitative estimate of drug-likeness (QED) is 0.811. The lowest BCUT2D eigenvalue weighted by molar-refractivity contribution is 0.0526. The zero-order chi connectivity index (χ0) is 12.1. The number of rotatable bonds is 4. The van der Waals surface area contributed by atoms with Crippen molar-refractivity contribution in [3.05, 3.63) is 65.7 Å². The van der Waals surface area contributed by atoms with Gasteiger partial charge in [-0.1, -0.05) is 42.5 Å². The van der Waals surface area contributed by atoms with Gasteiger partial charge in [-0.2, -0.15) is 0 Å². The van der Waals surface area contributed by atoms with Gasteiger partial charge in [-0.05, 0) is 30.2 Å². The van der Waals surface area contributed by atoms with Crippen molar-refractivity contribution in [2.24, 2.45) is 0 Å². The predicted octanol–water partition coefficient (Wildman–Crippen LogP) is 3.55. The molecule has 0 fully saturated rings. The molecule has 2 aromatic carbocycles. The molecule has 2 rings (SSSR count). The number of ether oxygens (including phenoxy) is 1. The van der Waals surface area contributed by atoms with Crippen LogP contribution < -0.4 is 5.73 Å². The maximum atomic E-state index is 5.81. The lowest BCUT2D eigenvalue weighted by Gasteiger charge is -2.13. The summed E-state index contributed by atoms with van der Waals surface area (Å²) in [7, 11) is 0. The predicted molar refractivity (Wildman–Crippen MR) is 70.5 cm³/mol. The molecule has 0 bridgehead atoms. The molecule has 2 nitrogen and oxygen atoms in total. The van der Waals surface area contributed by atoms with E-state index in [0.717, 1.165) is 11.3 Å². The molecule has 1 atom stereocenters.